The predicted octanol–water partition coefficient (Wildman–Crippen LogP) is 5.81. The molecule has 0 aliphatic heterocycles. The molecule has 0 saturated heterocycles. The number of unbranched alkanes of at least 4 members (excludes halogenated alkanes) is 1. The molecule has 1 fully saturated rings. The molecule has 0 spiro atoms. The van der Waals surface area contributed by atoms with Crippen LogP contribution in [0.2, 0.25) is 0 Å². The first-order chi connectivity index (χ1) is 7.77. The molecule has 3 unspecified atom stereocenters. The van der Waals surface area contributed by atoms with Crippen LogP contribution in [0.15, 0.2) is 0 Å². The van der Waals surface area contributed by atoms with Gasteiger partial charge in [0.2, 0.25) is 0 Å². The Bertz CT molecular complexity index is 159. The van der Waals surface area contributed by atoms with Gasteiger partial charge in [0.05, 0.1) is 0 Å². The van der Waals surface area contributed by atoms with Gasteiger partial charge in [-0.1, -0.05) is 78.6 Å². The van der Waals surface area contributed by atoms with Crippen LogP contribution in [0.1, 0.15) is 85.0 Å². The van der Waals surface area contributed by atoms with Gasteiger partial charge in [-0.15, -0.1) is 0 Å². The molecule has 0 aromatic rings. The van der Waals surface area contributed by atoms with Crippen molar-refractivity contribution in [1.82, 2.24) is 0 Å². The fourth-order valence-electron chi connectivity index (χ4n) is 3.53. The first-order valence-electron chi connectivity index (χ1n) is 7.77. The summed E-state index contributed by atoms with van der Waals surface area (Å²) in [5, 5.41) is 0. The highest BCUT2D eigenvalue weighted by atomic mass is 14.3. The highest BCUT2D eigenvalue weighted by Gasteiger charge is 2.25. The fraction of sp³-hybridized carbons (Fsp3) is 1.00. The van der Waals surface area contributed by atoms with Gasteiger partial charge < -0.3 is 0 Å². The van der Waals surface area contributed by atoms with Crippen molar-refractivity contribution in [1.29, 1.82) is 0 Å². The van der Waals surface area contributed by atoms with E-state index < -0.39 is 0 Å². The Kier molecular flexibility index (Phi) is 7.16. The van der Waals surface area contributed by atoms with Gasteiger partial charge >= 0.3 is 0 Å². The third-order valence-electron chi connectivity index (χ3n) is 4.48. The Morgan fingerprint density at radius 1 is 1.00 bits per heavy atom. The maximum atomic E-state index is 2.48. The van der Waals surface area contributed by atoms with Crippen LogP contribution >= 0.6 is 0 Å². The first-order valence-corrected chi connectivity index (χ1v) is 7.77. The van der Waals surface area contributed by atoms with Crippen molar-refractivity contribution in [3.8, 4) is 0 Å². The lowest BCUT2D eigenvalue weighted by Crippen LogP contribution is -2.21. The van der Waals surface area contributed by atoms with Gasteiger partial charge in [0.1, 0.15) is 0 Å². The molecule has 0 bridgehead atoms. The molecule has 1 saturated carbocycles. The van der Waals surface area contributed by atoms with Crippen LogP contribution in [0.3, 0.4) is 0 Å². The summed E-state index contributed by atoms with van der Waals surface area (Å²) in [7, 11) is 0. The topological polar surface area (TPSA) is 0 Å². The summed E-state index contributed by atoms with van der Waals surface area (Å²) in [4.78, 5) is 0. The molecule has 0 N–H and O–H groups in total. The molecule has 1 aliphatic carbocycles. The van der Waals surface area contributed by atoms with Crippen molar-refractivity contribution in [2.24, 2.45) is 17.8 Å². The molecule has 96 valence electrons. The van der Waals surface area contributed by atoms with Crippen LogP contribution < -0.4 is 0 Å². The van der Waals surface area contributed by atoms with E-state index in [9.17, 15) is 0 Å². The second-order valence-corrected chi connectivity index (χ2v) is 6.08. The molecular formula is C16H32. The summed E-state index contributed by atoms with van der Waals surface area (Å²) >= 11 is 0. The Hall–Kier alpha value is 0. The van der Waals surface area contributed by atoms with Crippen molar-refractivity contribution in [2.75, 3.05) is 0 Å². The van der Waals surface area contributed by atoms with Gasteiger partial charge in [-0.3, -0.25) is 0 Å². The molecule has 3 atom stereocenters. The van der Waals surface area contributed by atoms with Crippen LogP contribution in [-0.4, -0.2) is 0 Å². The zero-order valence-electron chi connectivity index (χ0n) is 11.8. The van der Waals surface area contributed by atoms with Gasteiger partial charge in [0, 0.05) is 0 Å². The van der Waals surface area contributed by atoms with Crippen LogP contribution in [0.4, 0.5) is 0 Å². The van der Waals surface area contributed by atoms with Crippen molar-refractivity contribution in [2.45, 2.75) is 85.0 Å². The number of hydrogen-bond donors (Lipinski definition) is 0. The predicted molar refractivity (Wildman–Crippen MR) is 73.7 cm³/mol. The van der Waals surface area contributed by atoms with E-state index in [4.69, 9.17) is 0 Å². The van der Waals surface area contributed by atoms with Crippen LogP contribution in [0.25, 0.3) is 0 Å². The molecule has 0 nitrogen and oxygen atoms in total. The molecule has 0 heteroatoms. The maximum Gasteiger partial charge on any atom is -0.0383 e. The van der Waals surface area contributed by atoms with E-state index in [0.717, 1.165) is 17.8 Å². The van der Waals surface area contributed by atoms with E-state index in [1.807, 2.05) is 0 Å². The van der Waals surface area contributed by atoms with Gasteiger partial charge in [-0.05, 0) is 24.2 Å². The molecule has 0 aromatic heterocycles. The summed E-state index contributed by atoms with van der Waals surface area (Å²) in [6.07, 6.45) is 14.7. The molecular weight excluding hydrogens is 192 g/mol. The quantitative estimate of drug-likeness (QED) is 0.512. The SMILES string of the molecule is CCCCC(C)CC1CCCCC1CCC. The summed E-state index contributed by atoms with van der Waals surface area (Å²) in [6.45, 7) is 7.15. The monoisotopic (exact) mass is 224 g/mol. The first kappa shape index (κ1) is 14.1. The second-order valence-electron chi connectivity index (χ2n) is 6.08. The summed E-state index contributed by atoms with van der Waals surface area (Å²) in [6, 6.07) is 0. The Morgan fingerprint density at radius 3 is 2.31 bits per heavy atom. The standard InChI is InChI=1S/C16H32/c1-4-6-10-14(3)13-16-12-8-7-11-15(16)9-5-2/h14-16H,4-13H2,1-3H3. The van der Waals surface area contributed by atoms with Gasteiger partial charge in [-0.2, -0.15) is 0 Å². The van der Waals surface area contributed by atoms with E-state index in [1.54, 1.807) is 0 Å². The molecule has 1 aliphatic rings. The fourth-order valence-corrected chi connectivity index (χ4v) is 3.53. The van der Waals surface area contributed by atoms with E-state index in [-0.39, 0.29) is 0 Å². The third-order valence-corrected chi connectivity index (χ3v) is 4.48. The van der Waals surface area contributed by atoms with Gasteiger partial charge in [-0.25, -0.2) is 0 Å². The molecule has 16 heavy (non-hydrogen) atoms. The van der Waals surface area contributed by atoms with E-state index >= 15 is 0 Å². The van der Waals surface area contributed by atoms with Crippen molar-refractivity contribution >= 4 is 0 Å². The van der Waals surface area contributed by atoms with Crippen molar-refractivity contribution in [3.05, 3.63) is 0 Å². The van der Waals surface area contributed by atoms with Gasteiger partial charge in [0.15, 0.2) is 0 Å². The number of rotatable bonds is 7. The maximum absolute atomic E-state index is 2.48. The van der Waals surface area contributed by atoms with E-state index in [1.165, 1.54) is 64.2 Å². The normalized spacial score (nSPS) is 27.9. The lowest BCUT2D eigenvalue weighted by Gasteiger charge is -2.33. The highest BCUT2D eigenvalue weighted by Crippen LogP contribution is 2.37. The zero-order valence-corrected chi connectivity index (χ0v) is 11.8. The van der Waals surface area contributed by atoms with Crippen molar-refractivity contribution < 1.29 is 0 Å². The number of hydrogen-bond acceptors (Lipinski definition) is 0. The summed E-state index contributed by atoms with van der Waals surface area (Å²) < 4.78 is 0. The smallest absolute Gasteiger partial charge is 0.0383 e. The average Bonchev–Trinajstić information content (AvgIpc) is 2.29. The molecule has 0 heterocycles. The minimum absolute atomic E-state index is 0.974. The van der Waals surface area contributed by atoms with Crippen LogP contribution in [0, 0.1) is 17.8 Å². The Morgan fingerprint density at radius 2 is 1.69 bits per heavy atom. The molecule has 0 radical (unpaired) electrons. The van der Waals surface area contributed by atoms with Gasteiger partial charge in [0.25, 0.3) is 0 Å². The second kappa shape index (κ2) is 8.14. The van der Waals surface area contributed by atoms with Crippen molar-refractivity contribution in [3.63, 3.8) is 0 Å². The average molecular weight is 224 g/mol. The minimum atomic E-state index is 0.974. The van der Waals surface area contributed by atoms with Crippen LogP contribution in [-0.2, 0) is 0 Å². The van der Waals surface area contributed by atoms with E-state index in [0.29, 0.717) is 0 Å². The molecule has 0 amide bonds. The Balaban J connectivity index is 2.30. The minimum Gasteiger partial charge on any atom is -0.0654 e. The lowest BCUT2D eigenvalue weighted by atomic mass is 9.73. The van der Waals surface area contributed by atoms with E-state index in [2.05, 4.69) is 20.8 Å². The summed E-state index contributed by atoms with van der Waals surface area (Å²) in [5.74, 6) is 3.12. The lowest BCUT2D eigenvalue weighted by molar-refractivity contribution is 0.185. The summed E-state index contributed by atoms with van der Waals surface area (Å²) in [5.41, 5.74) is 0. The highest BCUT2D eigenvalue weighted by molar-refractivity contribution is 4.76. The Labute approximate surface area is 103 Å². The third kappa shape index (κ3) is 4.89. The molecule has 1 rings (SSSR count). The zero-order chi connectivity index (χ0) is 11.8. The largest absolute Gasteiger partial charge is 0.0654 e. The van der Waals surface area contributed by atoms with Crippen LogP contribution in [0.5, 0.6) is 0 Å². The molecule has 0 aromatic carbocycles.